The van der Waals surface area contributed by atoms with Gasteiger partial charge in [-0.3, -0.25) is 4.79 Å². The van der Waals surface area contributed by atoms with Crippen LogP contribution in [0.1, 0.15) is 11.4 Å². The van der Waals surface area contributed by atoms with Gasteiger partial charge in [0.2, 0.25) is 0 Å². The molecule has 0 aromatic heterocycles. The smallest absolute Gasteiger partial charge is 0.309 e. The molecule has 0 spiro atoms. The largest absolute Gasteiger partial charge is 0.423 e. The zero-order chi connectivity index (χ0) is 13.8. The van der Waals surface area contributed by atoms with Crippen molar-refractivity contribution < 1.29 is 9.53 Å². The predicted octanol–water partition coefficient (Wildman–Crippen LogP) is 3.81. The summed E-state index contributed by atoms with van der Waals surface area (Å²) in [6.07, 6.45) is 0. The topological polar surface area (TPSA) is 26.3 Å². The Bertz CT molecular complexity index is 567. The molecule has 0 aliphatic heterocycles. The highest BCUT2D eigenvalue weighted by molar-refractivity contribution is 6.37. The molecule has 0 saturated heterocycles. The van der Waals surface area contributed by atoms with Gasteiger partial charge in [0.1, 0.15) is 0 Å². The lowest BCUT2D eigenvalue weighted by Crippen LogP contribution is -2.19. The quantitative estimate of drug-likeness (QED) is 0.488. The van der Waals surface area contributed by atoms with Crippen molar-refractivity contribution in [3.8, 4) is 5.75 Å². The lowest BCUT2D eigenvalue weighted by Gasteiger charge is -2.13. The maximum atomic E-state index is 12.0. The van der Waals surface area contributed by atoms with E-state index in [1.165, 1.54) is 0 Å². The SMILES string of the molecule is [B][C@@H](C(=O)Oc1c(Cl)cccc1Cl)c1ccccc1. The minimum absolute atomic E-state index is 0.127. The first-order chi connectivity index (χ1) is 9.09. The van der Waals surface area contributed by atoms with Gasteiger partial charge >= 0.3 is 5.97 Å². The number of hydrogen-bond donors (Lipinski definition) is 0. The summed E-state index contributed by atoms with van der Waals surface area (Å²) in [5.41, 5.74) is 0.663. The molecule has 0 bridgehead atoms. The van der Waals surface area contributed by atoms with Gasteiger partial charge in [-0.25, -0.2) is 0 Å². The predicted molar refractivity (Wildman–Crippen MR) is 77.0 cm³/mol. The van der Waals surface area contributed by atoms with Crippen LogP contribution in [0.3, 0.4) is 0 Å². The van der Waals surface area contributed by atoms with Crippen LogP contribution in [0.5, 0.6) is 5.75 Å². The van der Waals surface area contributed by atoms with Gasteiger partial charge in [0.15, 0.2) is 5.75 Å². The van der Waals surface area contributed by atoms with Gasteiger partial charge in [0.25, 0.3) is 0 Å². The van der Waals surface area contributed by atoms with E-state index in [1.54, 1.807) is 42.5 Å². The van der Waals surface area contributed by atoms with Gasteiger partial charge in [-0.1, -0.05) is 59.6 Å². The number of carbonyl (C=O) groups excluding carboxylic acids is 1. The number of esters is 1. The molecule has 0 aliphatic rings. The standard InChI is InChI=1S/C14H9BCl2O2/c15-12(9-5-2-1-3-6-9)14(18)19-13-10(16)7-4-8-11(13)17/h1-8,12H/t12-/m1/s1. The number of benzene rings is 2. The molecule has 2 radical (unpaired) electrons. The number of halogens is 2. The van der Waals surface area contributed by atoms with Crippen LogP contribution in [0.2, 0.25) is 10.0 Å². The molecule has 2 aromatic rings. The van der Waals surface area contributed by atoms with E-state index in [0.29, 0.717) is 5.56 Å². The van der Waals surface area contributed by atoms with E-state index in [4.69, 9.17) is 35.8 Å². The molecule has 0 aliphatic carbocycles. The fourth-order valence-corrected chi connectivity index (χ4v) is 2.02. The monoisotopic (exact) mass is 290 g/mol. The first-order valence-corrected chi connectivity index (χ1v) is 6.31. The molecule has 0 N–H and O–H groups in total. The van der Waals surface area contributed by atoms with Crippen LogP contribution in [-0.2, 0) is 4.79 Å². The average molecular weight is 291 g/mol. The van der Waals surface area contributed by atoms with Gasteiger partial charge in [-0.15, -0.1) is 0 Å². The number of hydrogen-bond acceptors (Lipinski definition) is 2. The van der Waals surface area contributed by atoms with Crippen LogP contribution >= 0.6 is 23.2 Å². The summed E-state index contributed by atoms with van der Waals surface area (Å²) < 4.78 is 5.16. The fourth-order valence-electron chi connectivity index (χ4n) is 1.54. The zero-order valence-electron chi connectivity index (χ0n) is 9.85. The summed E-state index contributed by atoms with van der Waals surface area (Å²) in [4.78, 5) is 12.0. The molecular weight excluding hydrogens is 282 g/mol. The first kappa shape index (κ1) is 14.0. The van der Waals surface area contributed by atoms with Gasteiger partial charge < -0.3 is 4.74 Å². The third-order valence-corrected chi connectivity index (χ3v) is 3.13. The Labute approximate surface area is 122 Å². The van der Waals surface area contributed by atoms with Crippen molar-refractivity contribution in [2.45, 2.75) is 5.82 Å². The minimum Gasteiger partial charge on any atom is -0.423 e. The van der Waals surface area contributed by atoms with E-state index in [1.807, 2.05) is 6.07 Å². The Hall–Kier alpha value is -1.45. The van der Waals surface area contributed by atoms with E-state index in [2.05, 4.69) is 0 Å². The molecule has 0 fully saturated rings. The Kier molecular flexibility index (Phi) is 4.51. The molecule has 0 saturated carbocycles. The highest BCUT2D eigenvalue weighted by Crippen LogP contribution is 2.33. The minimum atomic E-state index is -0.881. The molecule has 0 heterocycles. The van der Waals surface area contributed by atoms with Crippen molar-refractivity contribution >= 4 is 37.0 Å². The molecule has 2 aromatic carbocycles. The Morgan fingerprint density at radius 2 is 1.58 bits per heavy atom. The Morgan fingerprint density at radius 1 is 1.00 bits per heavy atom. The number of carbonyl (C=O) groups is 1. The Balaban J connectivity index is 2.18. The summed E-state index contributed by atoms with van der Waals surface area (Å²) in [5.74, 6) is -1.36. The lowest BCUT2D eigenvalue weighted by molar-refractivity contribution is -0.134. The maximum absolute atomic E-state index is 12.0. The van der Waals surface area contributed by atoms with E-state index < -0.39 is 11.8 Å². The van der Waals surface area contributed by atoms with Crippen molar-refractivity contribution in [2.75, 3.05) is 0 Å². The van der Waals surface area contributed by atoms with Crippen molar-refractivity contribution in [2.24, 2.45) is 0 Å². The van der Waals surface area contributed by atoms with E-state index in [-0.39, 0.29) is 15.8 Å². The summed E-state index contributed by atoms with van der Waals surface area (Å²) >= 11 is 11.8. The summed E-state index contributed by atoms with van der Waals surface area (Å²) in [6, 6.07) is 13.8. The second kappa shape index (κ2) is 6.13. The highest BCUT2D eigenvalue weighted by Gasteiger charge is 2.19. The van der Waals surface area contributed by atoms with Gasteiger partial charge in [-0.2, -0.15) is 0 Å². The maximum Gasteiger partial charge on any atom is 0.309 e. The molecule has 5 heteroatoms. The normalized spacial score (nSPS) is 11.9. The highest BCUT2D eigenvalue weighted by atomic mass is 35.5. The second-order valence-electron chi connectivity index (χ2n) is 3.86. The van der Waals surface area contributed by atoms with Crippen molar-refractivity contribution in [1.82, 2.24) is 0 Å². The van der Waals surface area contributed by atoms with Crippen molar-refractivity contribution in [3.05, 3.63) is 64.1 Å². The second-order valence-corrected chi connectivity index (χ2v) is 4.67. The molecule has 0 amide bonds. The van der Waals surface area contributed by atoms with Crippen LogP contribution in [0.4, 0.5) is 0 Å². The molecule has 2 nitrogen and oxygen atoms in total. The first-order valence-electron chi connectivity index (χ1n) is 5.56. The molecule has 0 unspecified atom stereocenters. The van der Waals surface area contributed by atoms with E-state index in [9.17, 15) is 4.79 Å². The third-order valence-electron chi connectivity index (χ3n) is 2.53. The molecule has 1 atom stereocenters. The Morgan fingerprint density at radius 3 is 2.16 bits per heavy atom. The van der Waals surface area contributed by atoms with Crippen LogP contribution in [0, 0.1) is 0 Å². The number of ether oxygens (including phenoxy) is 1. The average Bonchev–Trinajstić information content (AvgIpc) is 2.43. The van der Waals surface area contributed by atoms with E-state index in [0.717, 1.165) is 0 Å². The molecule has 19 heavy (non-hydrogen) atoms. The van der Waals surface area contributed by atoms with Crippen molar-refractivity contribution in [3.63, 3.8) is 0 Å². The summed E-state index contributed by atoms with van der Waals surface area (Å²) in [6.45, 7) is 0. The summed E-state index contributed by atoms with van der Waals surface area (Å²) in [5, 5.41) is 0.530. The van der Waals surface area contributed by atoms with Gasteiger partial charge in [0, 0.05) is 5.82 Å². The lowest BCUT2D eigenvalue weighted by atomic mass is 9.81. The molecular formula is C14H9BCl2O2. The third kappa shape index (κ3) is 3.31. The summed E-state index contributed by atoms with van der Waals surface area (Å²) in [7, 11) is 5.83. The zero-order valence-corrected chi connectivity index (χ0v) is 11.4. The fraction of sp³-hybridized carbons (Fsp3) is 0.0714. The molecule has 94 valence electrons. The van der Waals surface area contributed by atoms with Crippen LogP contribution in [-0.4, -0.2) is 13.8 Å². The number of para-hydroxylation sites is 1. The van der Waals surface area contributed by atoms with Crippen molar-refractivity contribution in [1.29, 1.82) is 0 Å². The number of rotatable bonds is 3. The van der Waals surface area contributed by atoms with Gasteiger partial charge in [-0.05, 0) is 17.7 Å². The van der Waals surface area contributed by atoms with Crippen LogP contribution in [0.25, 0.3) is 0 Å². The van der Waals surface area contributed by atoms with Crippen LogP contribution in [0.15, 0.2) is 48.5 Å². The van der Waals surface area contributed by atoms with Gasteiger partial charge in [0.05, 0.1) is 17.9 Å². The molecule has 2 rings (SSSR count). The van der Waals surface area contributed by atoms with E-state index >= 15 is 0 Å². The van der Waals surface area contributed by atoms with Crippen LogP contribution < -0.4 is 4.74 Å².